The highest BCUT2D eigenvalue weighted by Crippen LogP contribution is 2.26. The Morgan fingerprint density at radius 1 is 1.44 bits per heavy atom. The Labute approximate surface area is 110 Å². The minimum absolute atomic E-state index is 0.321. The average molecular weight is 248 g/mol. The molecular formula is C14H24N4. The van der Waals surface area contributed by atoms with Gasteiger partial charge in [0.05, 0.1) is 0 Å². The molecule has 0 bridgehead atoms. The van der Waals surface area contributed by atoms with Crippen molar-refractivity contribution in [1.29, 1.82) is 0 Å². The van der Waals surface area contributed by atoms with Crippen LogP contribution in [0.1, 0.15) is 51.8 Å². The van der Waals surface area contributed by atoms with Crippen molar-refractivity contribution >= 4 is 11.6 Å². The Balaban J connectivity index is 2.14. The molecule has 0 radical (unpaired) electrons. The third-order valence-electron chi connectivity index (χ3n) is 3.57. The molecule has 2 heterocycles. The van der Waals surface area contributed by atoms with E-state index in [1.165, 1.54) is 19.3 Å². The maximum Gasteiger partial charge on any atom is 0.135 e. The molecule has 1 atom stereocenters. The average Bonchev–Trinajstić information content (AvgIpc) is 2.77. The van der Waals surface area contributed by atoms with Crippen LogP contribution in [0.2, 0.25) is 0 Å². The molecule has 0 aromatic carbocycles. The number of rotatable bonds is 4. The van der Waals surface area contributed by atoms with Crippen LogP contribution in [0.25, 0.3) is 0 Å². The molecule has 2 rings (SSSR count). The van der Waals surface area contributed by atoms with Crippen LogP contribution in [0.5, 0.6) is 0 Å². The summed E-state index contributed by atoms with van der Waals surface area (Å²) >= 11 is 0. The number of hydrogen-bond acceptors (Lipinski definition) is 4. The molecule has 1 aliphatic heterocycles. The van der Waals surface area contributed by atoms with Gasteiger partial charge in [-0.3, -0.25) is 0 Å². The van der Waals surface area contributed by atoms with Crippen LogP contribution >= 0.6 is 0 Å². The quantitative estimate of drug-likeness (QED) is 0.890. The first kappa shape index (κ1) is 13.1. The first-order valence-corrected chi connectivity index (χ1v) is 6.99. The Hall–Kier alpha value is -1.32. The van der Waals surface area contributed by atoms with E-state index in [1.54, 1.807) is 0 Å². The van der Waals surface area contributed by atoms with Crippen LogP contribution < -0.4 is 10.6 Å². The lowest BCUT2D eigenvalue weighted by Gasteiger charge is -2.19. The monoisotopic (exact) mass is 248 g/mol. The molecule has 2 N–H and O–H groups in total. The predicted molar refractivity (Wildman–Crippen MR) is 75.8 cm³/mol. The second kappa shape index (κ2) is 5.55. The van der Waals surface area contributed by atoms with Crippen molar-refractivity contribution in [2.75, 3.05) is 23.7 Å². The fourth-order valence-corrected chi connectivity index (χ4v) is 2.58. The van der Waals surface area contributed by atoms with Crippen molar-refractivity contribution < 1.29 is 0 Å². The highest BCUT2D eigenvalue weighted by atomic mass is 15.2. The van der Waals surface area contributed by atoms with E-state index in [0.29, 0.717) is 11.7 Å². The van der Waals surface area contributed by atoms with E-state index in [-0.39, 0.29) is 0 Å². The molecule has 0 amide bonds. The zero-order valence-electron chi connectivity index (χ0n) is 11.7. The molecule has 4 nitrogen and oxygen atoms in total. The normalized spacial score (nSPS) is 19.8. The van der Waals surface area contributed by atoms with Crippen molar-refractivity contribution in [2.24, 2.45) is 5.92 Å². The standard InChI is InChI=1S/C14H24N4/c1-4-5-11-6-7-18(9-11)13-8-12(15)16-14(17-13)10(2)3/h8,10-11H,4-7,9H2,1-3H3,(H2,15,16,17). The Bertz CT molecular complexity index is 403. The second-order valence-corrected chi connectivity index (χ2v) is 5.55. The van der Waals surface area contributed by atoms with Crippen LogP contribution in [0.4, 0.5) is 11.6 Å². The molecule has 1 unspecified atom stereocenters. The van der Waals surface area contributed by atoms with Crippen LogP contribution in [-0.4, -0.2) is 23.1 Å². The summed E-state index contributed by atoms with van der Waals surface area (Å²) in [5.74, 6) is 3.58. The van der Waals surface area contributed by atoms with Gasteiger partial charge >= 0.3 is 0 Å². The molecule has 4 heteroatoms. The fourth-order valence-electron chi connectivity index (χ4n) is 2.58. The maximum atomic E-state index is 5.88. The molecule has 100 valence electrons. The van der Waals surface area contributed by atoms with Crippen molar-refractivity contribution in [2.45, 2.75) is 46.0 Å². The van der Waals surface area contributed by atoms with Crippen LogP contribution in [-0.2, 0) is 0 Å². The molecule has 1 aliphatic rings. The molecule has 0 saturated carbocycles. The lowest BCUT2D eigenvalue weighted by Crippen LogP contribution is -2.22. The van der Waals surface area contributed by atoms with Crippen molar-refractivity contribution in [3.05, 3.63) is 11.9 Å². The lowest BCUT2D eigenvalue weighted by molar-refractivity contribution is 0.529. The third-order valence-corrected chi connectivity index (χ3v) is 3.57. The molecule has 0 aliphatic carbocycles. The van der Waals surface area contributed by atoms with Gasteiger partial charge in [-0.25, -0.2) is 9.97 Å². The highest BCUT2D eigenvalue weighted by molar-refractivity contribution is 5.48. The van der Waals surface area contributed by atoms with E-state index in [4.69, 9.17) is 5.73 Å². The van der Waals surface area contributed by atoms with Crippen molar-refractivity contribution in [1.82, 2.24) is 9.97 Å². The number of nitrogen functional groups attached to an aromatic ring is 1. The van der Waals surface area contributed by atoms with Crippen LogP contribution in [0, 0.1) is 5.92 Å². The fraction of sp³-hybridized carbons (Fsp3) is 0.714. The van der Waals surface area contributed by atoms with E-state index >= 15 is 0 Å². The maximum absolute atomic E-state index is 5.88. The molecule has 1 aromatic heterocycles. The summed E-state index contributed by atoms with van der Waals surface area (Å²) in [6.07, 6.45) is 3.85. The summed E-state index contributed by atoms with van der Waals surface area (Å²) in [5.41, 5.74) is 5.88. The van der Waals surface area contributed by atoms with Gasteiger partial charge in [-0.15, -0.1) is 0 Å². The topological polar surface area (TPSA) is 55.0 Å². The molecule has 1 fully saturated rings. The zero-order valence-corrected chi connectivity index (χ0v) is 11.7. The summed E-state index contributed by atoms with van der Waals surface area (Å²) in [4.78, 5) is 11.3. The Morgan fingerprint density at radius 3 is 2.89 bits per heavy atom. The minimum atomic E-state index is 0.321. The number of nitrogens with two attached hydrogens (primary N) is 1. The van der Waals surface area contributed by atoms with E-state index in [0.717, 1.165) is 30.6 Å². The predicted octanol–water partition coefficient (Wildman–Crippen LogP) is 2.81. The number of anilines is 2. The molecule has 0 spiro atoms. The lowest BCUT2D eigenvalue weighted by atomic mass is 10.0. The second-order valence-electron chi connectivity index (χ2n) is 5.55. The first-order chi connectivity index (χ1) is 8.60. The smallest absolute Gasteiger partial charge is 0.135 e. The summed E-state index contributed by atoms with van der Waals surface area (Å²) < 4.78 is 0. The Kier molecular flexibility index (Phi) is 4.04. The molecule has 1 saturated heterocycles. The summed E-state index contributed by atoms with van der Waals surface area (Å²) in [6, 6.07) is 1.90. The highest BCUT2D eigenvalue weighted by Gasteiger charge is 2.23. The van der Waals surface area contributed by atoms with Gasteiger partial charge in [0.1, 0.15) is 17.5 Å². The van der Waals surface area contributed by atoms with Crippen LogP contribution in [0.15, 0.2) is 6.07 Å². The summed E-state index contributed by atoms with van der Waals surface area (Å²) in [6.45, 7) is 8.66. The van der Waals surface area contributed by atoms with E-state index < -0.39 is 0 Å². The van der Waals surface area contributed by atoms with Gasteiger partial charge in [0, 0.05) is 25.1 Å². The third kappa shape index (κ3) is 2.92. The zero-order chi connectivity index (χ0) is 13.1. The van der Waals surface area contributed by atoms with E-state index in [1.807, 2.05) is 6.07 Å². The SMILES string of the molecule is CCCC1CCN(c2cc(N)nc(C(C)C)n2)C1. The van der Waals surface area contributed by atoms with Crippen LogP contribution in [0.3, 0.4) is 0 Å². The van der Waals surface area contributed by atoms with Gasteiger partial charge in [0.15, 0.2) is 0 Å². The minimum Gasteiger partial charge on any atom is -0.384 e. The van der Waals surface area contributed by atoms with E-state index in [2.05, 4.69) is 35.6 Å². The van der Waals surface area contributed by atoms with Gasteiger partial charge in [-0.05, 0) is 18.8 Å². The van der Waals surface area contributed by atoms with E-state index in [9.17, 15) is 0 Å². The van der Waals surface area contributed by atoms with Gasteiger partial charge in [-0.2, -0.15) is 0 Å². The van der Waals surface area contributed by atoms with Gasteiger partial charge in [0.2, 0.25) is 0 Å². The number of nitrogens with zero attached hydrogens (tertiary/aromatic N) is 3. The summed E-state index contributed by atoms with van der Waals surface area (Å²) in [7, 11) is 0. The molecular weight excluding hydrogens is 224 g/mol. The Morgan fingerprint density at radius 2 is 2.22 bits per heavy atom. The van der Waals surface area contributed by atoms with Crippen molar-refractivity contribution in [3.63, 3.8) is 0 Å². The molecule has 1 aromatic rings. The van der Waals surface area contributed by atoms with Crippen molar-refractivity contribution in [3.8, 4) is 0 Å². The molecule has 18 heavy (non-hydrogen) atoms. The number of aromatic nitrogens is 2. The van der Waals surface area contributed by atoms with Gasteiger partial charge < -0.3 is 10.6 Å². The summed E-state index contributed by atoms with van der Waals surface area (Å²) in [5, 5.41) is 0. The van der Waals surface area contributed by atoms with Gasteiger partial charge in [0.25, 0.3) is 0 Å². The largest absolute Gasteiger partial charge is 0.384 e. The van der Waals surface area contributed by atoms with Gasteiger partial charge in [-0.1, -0.05) is 27.2 Å². The number of hydrogen-bond donors (Lipinski definition) is 1. The first-order valence-electron chi connectivity index (χ1n) is 6.99.